The molecule has 1 aromatic rings. The predicted molar refractivity (Wildman–Crippen MR) is 91.1 cm³/mol. The Labute approximate surface area is 136 Å². The molecule has 7 nitrogen and oxygen atoms in total. The van der Waals surface area contributed by atoms with Crippen molar-refractivity contribution in [1.29, 1.82) is 0 Å². The quantitative estimate of drug-likeness (QED) is 0.833. The number of hydrogen-bond donors (Lipinski definition) is 2. The molecule has 1 heterocycles. The van der Waals surface area contributed by atoms with Crippen molar-refractivity contribution in [2.24, 2.45) is 21.5 Å². The van der Waals surface area contributed by atoms with Crippen LogP contribution in [0, 0.1) is 0 Å². The van der Waals surface area contributed by atoms with E-state index in [-0.39, 0.29) is 11.9 Å². The van der Waals surface area contributed by atoms with Gasteiger partial charge in [-0.3, -0.25) is 4.84 Å². The molecule has 1 aliphatic rings. The van der Waals surface area contributed by atoms with Crippen LogP contribution in [-0.4, -0.2) is 36.4 Å². The van der Waals surface area contributed by atoms with Crippen LogP contribution in [-0.2, 0) is 4.84 Å². The van der Waals surface area contributed by atoms with Crippen LogP contribution in [0.2, 0.25) is 0 Å². The Balaban J connectivity index is 1.90. The van der Waals surface area contributed by atoms with Crippen LogP contribution in [0.3, 0.4) is 0 Å². The zero-order valence-corrected chi connectivity index (χ0v) is 14.1. The van der Waals surface area contributed by atoms with Gasteiger partial charge in [0.2, 0.25) is 11.9 Å². The highest BCUT2D eigenvalue weighted by molar-refractivity contribution is 5.95. The number of hydrogen-bond acceptors (Lipinski definition) is 7. The lowest BCUT2D eigenvalue weighted by Crippen LogP contribution is -2.53. The van der Waals surface area contributed by atoms with Crippen LogP contribution in [0.1, 0.15) is 38.7 Å². The smallest absolute Gasteiger partial charge is 0.226 e. The summed E-state index contributed by atoms with van der Waals surface area (Å²) in [6, 6.07) is 8.05. The van der Waals surface area contributed by atoms with Crippen LogP contribution in [0.5, 0.6) is 5.75 Å². The van der Waals surface area contributed by atoms with Gasteiger partial charge < -0.3 is 16.2 Å². The number of benzene rings is 1. The molecule has 2 rings (SSSR count). The molecular weight excluding hydrogens is 294 g/mol. The van der Waals surface area contributed by atoms with E-state index in [1.54, 1.807) is 7.11 Å². The standard InChI is InChI=1S/C16H25N5O2/c1-11(12-5-7-13(22-4)8-6-12)9-10-23-21-15(18)19-14(17)20-16(21,2)3/h5-8,11H,9-10H2,1-4H3,(H4,17,18,19,20). The molecule has 1 unspecified atom stereocenters. The van der Waals surface area contributed by atoms with Gasteiger partial charge in [-0.25, -0.2) is 4.99 Å². The molecule has 0 saturated heterocycles. The SMILES string of the molecule is COc1ccc(C(C)CCON2C(N)=NC(N)=NC2(C)C)cc1. The van der Waals surface area contributed by atoms with Crippen LogP contribution in [0.4, 0.5) is 0 Å². The molecule has 0 radical (unpaired) electrons. The molecule has 0 saturated carbocycles. The minimum atomic E-state index is -0.667. The number of ether oxygens (including phenoxy) is 1. The van der Waals surface area contributed by atoms with E-state index in [1.807, 2.05) is 26.0 Å². The van der Waals surface area contributed by atoms with Crippen molar-refractivity contribution < 1.29 is 9.57 Å². The van der Waals surface area contributed by atoms with E-state index in [4.69, 9.17) is 21.0 Å². The number of aliphatic imine (C=N–C) groups is 2. The zero-order chi connectivity index (χ0) is 17.0. The predicted octanol–water partition coefficient (Wildman–Crippen LogP) is 1.80. The van der Waals surface area contributed by atoms with Crippen molar-refractivity contribution in [3.8, 4) is 5.75 Å². The van der Waals surface area contributed by atoms with Crippen LogP contribution >= 0.6 is 0 Å². The van der Waals surface area contributed by atoms with E-state index >= 15 is 0 Å². The Morgan fingerprint density at radius 3 is 2.43 bits per heavy atom. The molecule has 126 valence electrons. The summed E-state index contributed by atoms with van der Waals surface area (Å²) in [6.07, 6.45) is 0.839. The Kier molecular flexibility index (Phi) is 5.10. The second-order valence-corrected chi connectivity index (χ2v) is 6.02. The highest BCUT2D eigenvalue weighted by Crippen LogP contribution is 2.24. The van der Waals surface area contributed by atoms with Gasteiger partial charge in [-0.1, -0.05) is 19.1 Å². The van der Waals surface area contributed by atoms with Crippen molar-refractivity contribution in [2.75, 3.05) is 13.7 Å². The van der Waals surface area contributed by atoms with Gasteiger partial charge in [-0.15, -0.1) is 0 Å². The molecule has 7 heteroatoms. The Bertz CT molecular complexity index is 595. The van der Waals surface area contributed by atoms with Crippen molar-refractivity contribution in [1.82, 2.24) is 5.06 Å². The Morgan fingerprint density at radius 2 is 1.87 bits per heavy atom. The van der Waals surface area contributed by atoms with Gasteiger partial charge in [0.25, 0.3) is 0 Å². The van der Waals surface area contributed by atoms with E-state index in [9.17, 15) is 0 Å². The normalized spacial score (nSPS) is 18.2. The van der Waals surface area contributed by atoms with E-state index in [0.717, 1.165) is 12.2 Å². The summed E-state index contributed by atoms with van der Waals surface area (Å²) in [5.41, 5.74) is 12.1. The highest BCUT2D eigenvalue weighted by atomic mass is 16.7. The van der Waals surface area contributed by atoms with Crippen LogP contribution < -0.4 is 16.2 Å². The fraction of sp³-hybridized carbons (Fsp3) is 0.500. The topological polar surface area (TPSA) is 98.5 Å². The highest BCUT2D eigenvalue weighted by Gasteiger charge is 2.33. The molecule has 0 amide bonds. The number of rotatable bonds is 6. The third-order valence-corrected chi connectivity index (χ3v) is 3.78. The first-order valence-electron chi connectivity index (χ1n) is 7.60. The number of hydroxylamine groups is 2. The third kappa shape index (κ3) is 4.13. The molecular formula is C16H25N5O2. The summed E-state index contributed by atoms with van der Waals surface area (Å²) in [6.45, 7) is 6.39. The number of guanidine groups is 2. The van der Waals surface area contributed by atoms with E-state index in [2.05, 4.69) is 29.0 Å². The fourth-order valence-electron chi connectivity index (χ4n) is 2.44. The third-order valence-electron chi connectivity index (χ3n) is 3.78. The lowest BCUT2D eigenvalue weighted by atomic mass is 9.98. The number of nitrogens with zero attached hydrogens (tertiary/aromatic N) is 3. The molecule has 0 aromatic heterocycles. The lowest BCUT2D eigenvalue weighted by molar-refractivity contribution is -0.158. The molecule has 0 aliphatic carbocycles. The molecule has 1 aromatic carbocycles. The van der Waals surface area contributed by atoms with Gasteiger partial charge >= 0.3 is 0 Å². The second kappa shape index (κ2) is 6.87. The summed E-state index contributed by atoms with van der Waals surface area (Å²) in [5.74, 6) is 1.59. The molecule has 23 heavy (non-hydrogen) atoms. The summed E-state index contributed by atoms with van der Waals surface area (Å²) in [7, 11) is 1.66. The maximum atomic E-state index is 5.88. The zero-order valence-electron chi connectivity index (χ0n) is 14.1. The van der Waals surface area contributed by atoms with Crippen LogP contribution in [0.15, 0.2) is 34.3 Å². The molecule has 0 fully saturated rings. The average molecular weight is 319 g/mol. The second-order valence-electron chi connectivity index (χ2n) is 6.02. The number of methoxy groups -OCH3 is 1. The van der Waals surface area contributed by atoms with Gasteiger partial charge in [-0.2, -0.15) is 10.1 Å². The van der Waals surface area contributed by atoms with E-state index in [0.29, 0.717) is 12.5 Å². The van der Waals surface area contributed by atoms with Gasteiger partial charge in [0.15, 0.2) is 5.66 Å². The molecule has 0 spiro atoms. The number of nitrogens with two attached hydrogens (primary N) is 2. The maximum absolute atomic E-state index is 5.88. The van der Waals surface area contributed by atoms with Crippen LogP contribution in [0.25, 0.3) is 0 Å². The van der Waals surface area contributed by atoms with E-state index < -0.39 is 5.66 Å². The summed E-state index contributed by atoms with van der Waals surface area (Å²) in [4.78, 5) is 14.0. The maximum Gasteiger partial charge on any atom is 0.226 e. The van der Waals surface area contributed by atoms with Gasteiger partial charge in [-0.05, 0) is 43.9 Å². The largest absolute Gasteiger partial charge is 0.497 e. The van der Waals surface area contributed by atoms with Crippen molar-refractivity contribution in [2.45, 2.75) is 38.8 Å². The Hall–Kier alpha value is -2.28. The molecule has 1 atom stereocenters. The Morgan fingerprint density at radius 1 is 1.22 bits per heavy atom. The first-order valence-corrected chi connectivity index (χ1v) is 7.60. The average Bonchev–Trinajstić information content (AvgIpc) is 2.49. The molecule has 0 bridgehead atoms. The minimum Gasteiger partial charge on any atom is -0.497 e. The molecule has 4 N–H and O–H groups in total. The van der Waals surface area contributed by atoms with Gasteiger partial charge in [0.05, 0.1) is 13.7 Å². The first kappa shape index (κ1) is 17.1. The monoisotopic (exact) mass is 319 g/mol. The van der Waals surface area contributed by atoms with Gasteiger partial charge in [0.1, 0.15) is 5.75 Å². The van der Waals surface area contributed by atoms with E-state index in [1.165, 1.54) is 10.6 Å². The van der Waals surface area contributed by atoms with Crippen molar-refractivity contribution >= 4 is 11.9 Å². The lowest BCUT2D eigenvalue weighted by Gasteiger charge is -2.36. The summed E-state index contributed by atoms with van der Waals surface area (Å²) >= 11 is 0. The van der Waals surface area contributed by atoms with Crippen molar-refractivity contribution in [3.63, 3.8) is 0 Å². The first-order chi connectivity index (χ1) is 10.8. The fourth-order valence-corrected chi connectivity index (χ4v) is 2.44. The van der Waals surface area contributed by atoms with Gasteiger partial charge in [0, 0.05) is 0 Å². The minimum absolute atomic E-state index is 0.166. The molecule has 1 aliphatic heterocycles. The summed E-state index contributed by atoms with van der Waals surface area (Å²) < 4.78 is 5.17. The summed E-state index contributed by atoms with van der Waals surface area (Å²) in [5, 5.41) is 1.50. The van der Waals surface area contributed by atoms with Crippen molar-refractivity contribution in [3.05, 3.63) is 29.8 Å².